The minimum Gasteiger partial charge on any atom is -0.485 e. The normalized spacial score (nSPS) is 11.1. The molecule has 0 aliphatic rings. The van der Waals surface area contributed by atoms with E-state index in [1.807, 2.05) is 36.4 Å². The van der Waals surface area contributed by atoms with E-state index < -0.39 is 0 Å². The van der Waals surface area contributed by atoms with Crippen molar-refractivity contribution in [2.24, 2.45) is 0 Å². The molecule has 0 spiro atoms. The minimum absolute atomic E-state index is 0.240. The maximum absolute atomic E-state index is 9.30. The van der Waals surface area contributed by atoms with Crippen LogP contribution < -0.4 is 4.74 Å². The number of aryl methyl sites for hydroxylation is 1. The molecule has 6 heteroatoms. The van der Waals surface area contributed by atoms with Gasteiger partial charge in [0.1, 0.15) is 11.8 Å². The molecule has 2 aromatic heterocycles. The zero-order valence-electron chi connectivity index (χ0n) is 13.0. The Kier molecular flexibility index (Phi) is 4.63. The number of hydrogen-bond donors (Lipinski definition) is 0. The number of nitrogens with zero attached hydrogens (tertiary/aromatic N) is 4. The summed E-state index contributed by atoms with van der Waals surface area (Å²) in [5.41, 5.74) is 2.04. The Labute approximate surface area is 139 Å². The number of benzene rings is 1. The predicted octanol–water partition coefficient (Wildman–Crippen LogP) is 3.42. The maximum atomic E-state index is 9.30. The van der Waals surface area contributed by atoms with E-state index in [-0.39, 0.29) is 6.61 Å². The molecule has 0 bridgehead atoms. The summed E-state index contributed by atoms with van der Waals surface area (Å²) in [6.45, 7) is 1.97. The Hall–Kier alpha value is -3.46. The highest BCUT2D eigenvalue weighted by Gasteiger charge is 2.04. The van der Waals surface area contributed by atoms with E-state index in [0.29, 0.717) is 28.7 Å². The zero-order valence-corrected chi connectivity index (χ0v) is 13.0. The monoisotopic (exact) mass is 318 g/mol. The lowest BCUT2D eigenvalue weighted by Gasteiger charge is -2.04. The molecule has 6 nitrogen and oxygen atoms in total. The fraction of sp³-hybridized carbons (Fsp3) is 0.111. The van der Waals surface area contributed by atoms with Crippen LogP contribution in [-0.4, -0.2) is 15.1 Å². The molecule has 3 aromatic rings. The third kappa shape index (κ3) is 3.84. The molecule has 0 saturated heterocycles. The van der Waals surface area contributed by atoms with Crippen LogP contribution in [0.25, 0.3) is 11.6 Å². The number of hydrogen-bond acceptors (Lipinski definition) is 6. The molecule has 0 aliphatic carbocycles. The van der Waals surface area contributed by atoms with Crippen molar-refractivity contribution in [3.05, 3.63) is 71.6 Å². The summed E-state index contributed by atoms with van der Waals surface area (Å²) < 4.78 is 10.5. The van der Waals surface area contributed by atoms with Crippen LogP contribution in [0, 0.1) is 18.3 Å². The van der Waals surface area contributed by atoms with E-state index in [4.69, 9.17) is 9.26 Å². The first-order valence-electron chi connectivity index (χ1n) is 7.30. The Morgan fingerprint density at radius 1 is 1.25 bits per heavy atom. The second-order valence-corrected chi connectivity index (χ2v) is 4.97. The molecule has 24 heavy (non-hydrogen) atoms. The molecule has 0 unspecified atom stereocenters. The molecule has 0 fully saturated rings. The lowest BCUT2D eigenvalue weighted by Crippen LogP contribution is -1.97. The van der Waals surface area contributed by atoms with E-state index in [1.165, 1.54) is 0 Å². The summed E-state index contributed by atoms with van der Waals surface area (Å²) in [6.07, 6.45) is 3.45. The summed E-state index contributed by atoms with van der Waals surface area (Å²) >= 11 is 0. The molecule has 0 aliphatic heterocycles. The lowest BCUT2D eigenvalue weighted by atomic mass is 10.1. The molecule has 0 atom stereocenters. The van der Waals surface area contributed by atoms with Crippen molar-refractivity contribution >= 4 is 11.6 Å². The van der Waals surface area contributed by atoms with Gasteiger partial charge in [-0.25, -0.2) is 0 Å². The van der Waals surface area contributed by atoms with Gasteiger partial charge in [0.05, 0.1) is 11.3 Å². The molecule has 1 aromatic carbocycles. The van der Waals surface area contributed by atoms with E-state index in [9.17, 15) is 5.26 Å². The van der Waals surface area contributed by atoms with Crippen LogP contribution in [0.5, 0.6) is 5.75 Å². The Bertz CT molecular complexity index is 877. The first kappa shape index (κ1) is 15.4. The maximum Gasteiger partial charge on any atom is 0.223 e. The molecule has 118 valence electrons. The van der Waals surface area contributed by atoms with Gasteiger partial charge in [-0.1, -0.05) is 23.4 Å². The number of rotatable bonds is 5. The Balaban J connectivity index is 1.70. The van der Waals surface area contributed by atoms with Gasteiger partial charge in [0, 0.05) is 13.1 Å². The van der Waals surface area contributed by atoms with Crippen molar-refractivity contribution in [3.8, 4) is 11.8 Å². The van der Waals surface area contributed by atoms with Crippen molar-refractivity contribution in [2.45, 2.75) is 13.5 Å². The standard InChI is InChI=1S/C18H14N4O2/c1-13-21-18(22-24-13)12-23-16-7-5-14(6-8-16)10-15(11-19)17-4-2-3-9-20-17/h2-10H,12H2,1H3. The molecular formula is C18H14N4O2. The highest BCUT2D eigenvalue weighted by molar-refractivity contribution is 5.88. The first-order chi connectivity index (χ1) is 11.7. The number of ether oxygens (including phenoxy) is 1. The van der Waals surface area contributed by atoms with E-state index in [1.54, 1.807) is 25.3 Å². The third-order valence-corrected chi connectivity index (χ3v) is 3.19. The largest absolute Gasteiger partial charge is 0.485 e. The van der Waals surface area contributed by atoms with Gasteiger partial charge < -0.3 is 9.26 Å². The van der Waals surface area contributed by atoms with Crippen molar-refractivity contribution < 1.29 is 9.26 Å². The van der Waals surface area contributed by atoms with Gasteiger partial charge in [-0.05, 0) is 35.9 Å². The van der Waals surface area contributed by atoms with E-state index in [0.717, 1.165) is 5.56 Å². The van der Waals surface area contributed by atoms with Crippen LogP contribution in [0.15, 0.2) is 53.2 Å². The fourth-order valence-electron chi connectivity index (χ4n) is 2.06. The second kappa shape index (κ2) is 7.20. The van der Waals surface area contributed by atoms with Gasteiger partial charge in [-0.3, -0.25) is 4.98 Å². The molecule has 3 rings (SSSR count). The Morgan fingerprint density at radius 3 is 2.71 bits per heavy atom. The van der Waals surface area contributed by atoms with Gasteiger partial charge in [-0.15, -0.1) is 0 Å². The van der Waals surface area contributed by atoms with Gasteiger partial charge in [0.15, 0.2) is 6.61 Å². The Morgan fingerprint density at radius 2 is 2.08 bits per heavy atom. The smallest absolute Gasteiger partial charge is 0.223 e. The average molecular weight is 318 g/mol. The first-order valence-corrected chi connectivity index (χ1v) is 7.30. The van der Waals surface area contributed by atoms with E-state index in [2.05, 4.69) is 21.2 Å². The lowest BCUT2D eigenvalue weighted by molar-refractivity contribution is 0.285. The predicted molar refractivity (Wildman–Crippen MR) is 87.5 cm³/mol. The quantitative estimate of drug-likeness (QED) is 0.670. The van der Waals surface area contributed by atoms with Gasteiger partial charge in [0.25, 0.3) is 0 Å². The molecule has 0 radical (unpaired) electrons. The van der Waals surface area contributed by atoms with Gasteiger partial charge in [-0.2, -0.15) is 10.2 Å². The molecule has 0 amide bonds. The number of aromatic nitrogens is 3. The second-order valence-electron chi connectivity index (χ2n) is 4.97. The molecule has 0 saturated carbocycles. The third-order valence-electron chi connectivity index (χ3n) is 3.19. The van der Waals surface area contributed by atoms with Crippen LogP contribution in [0.1, 0.15) is 23.0 Å². The molecular weight excluding hydrogens is 304 g/mol. The zero-order chi connectivity index (χ0) is 16.8. The van der Waals surface area contributed by atoms with E-state index >= 15 is 0 Å². The highest BCUT2D eigenvalue weighted by Crippen LogP contribution is 2.18. The summed E-state index contributed by atoms with van der Waals surface area (Å²) in [5, 5.41) is 13.1. The van der Waals surface area contributed by atoms with Crippen molar-refractivity contribution in [2.75, 3.05) is 0 Å². The van der Waals surface area contributed by atoms with Crippen LogP contribution >= 0.6 is 0 Å². The average Bonchev–Trinajstić information content (AvgIpc) is 3.05. The summed E-state index contributed by atoms with van der Waals surface area (Å²) in [7, 11) is 0. The molecule has 2 heterocycles. The topological polar surface area (TPSA) is 84.8 Å². The number of pyridine rings is 1. The van der Waals surface area contributed by atoms with Crippen molar-refractivity contribution in [1.29, 1.82) is 5.26 Å². The van der Waals surface area contributed by atoms with Gasteiger partial charge >= 0.3 is 0 Å². The van der Waals surface area contributed by atoms with Crippen LogP contribution in [0.4, 0.5) is 0 Å². The molecule has 0 N–H and O–H groups in total. The SMILES string of the molecule is Cc1nc(COc2ccc(C=C(C#N)c3ccccn3)cc2)no1. The van der Waals surface area contributed by atoms with Crippen molar-refractivity contribution in [3.63, 3.8) is 0 Å². The number of nitriles is 1. The summed E-state index contributed by atoms with van der Waals surface area (Å²) in [6, 6.07) is 15.0. The fourth-order valence-corrected chi connectivity index (χ4v) is 2.06. The highest BCUT2D eigenvalue weighted by atomic mass is 16.5. The summed E-state index contributed by atoms with van der Waals surface area (Å²) in [5.74, 6) is 1.69. The number of allylic oxidation sites excluding steroid dienone is 1. The minimum atomic E-state index is 0.240. The van der Waals surface area contributed by atoms with Crippen LogP contribution in [0.2, 0.25) is 0 Å². The van der Waals surface area contributed by atoms with Crippen LogP contribution in [0.3, 0.4) is 0 Å². The van der Waals surface area contributed by atoms with Gasteiger partial charge in [0.2, 0.25) is 11.7 Å². The van der Waals surface area contributed by atoms with Crippen LogP contribution in [-0.2, 0) is 6.61 Å². The summed E-state index contributed by atoms with van der Waals surface area (Å²) in [4.78, 5) is 8.26. The van der Waals surface area contributed by atoms with Crippen molar-refractivity contribution in [1.82, 2.24) is 15.1 Å².